The largest absolute Gasteiger partial charge is 0.437 e. The van der Waals surface area contributed by atoms with Gasteiger partial charge in [0.25, 0.3) is 0 Å². The average molecular weight is 491 g/mol. The summed E-state index contributed by atoms with van der Waals surface area (Å²) in [6.07, 6.45) is 0.932. The number of carbonyl (C=O) groups is 2. The molecule has 19 heavy (non-hydrogen) atoms. The number of carbonyl (C=O) groups excluding carboxylic acids is 2. The Balaban J connectivity index is -0.000000375. The molecule has 0 spiro atoms. The van der Waals surface area contributed by atoms with Gasteiger partial charge in [-0.1, -0.05) is 20.8 Å². The Labute approximate surface area is 193 Å². The summed E-state index contributed by atoms with van der Waals surface area (Å²) in [4.78, 5) is 22.8. The first-order valence-electron chi connectivity index (χ1n) is 5.38. The molecule has 0 atom stereocenters. The Hall–Kier alpha value is 2.45. The van der Waals surface area contributed by atoms with Crippen molar-refractivity contribution in [3.8, 4) is 0 Å². The van der Waals surface area contributed by atoms with Gasteiger partial charge in [-0.3, -0.25) is 9.59 Å². The third kappa shape index (κ3) is 22.9. The van der Waals surface area contributed by atoms with E-state index in [0.29, 0.717) is 6.42 Å². The van der Waals surface area contributed by atoms with Crippen LogP contribution >= 0.6 is 0 Å². The molecule has 0 aromatic rings. The first kappa shape index (κ1) is 29.5. The van der Waals surface area contributed by atoms with Crippen molar-refractivity contribution in [1.82, 2.24) is 5.32 Å². The monoisotopic (exact) mass is 491 g/mol. The summed E-state index contributed by atoms with van der Waals surface area (Å²) in [5.74, 6) is -0.132. The van der Waals surface area contributed by atoms with Crippen LogP contribution < -0.4 is 5.32 Å². The van der Waals surface area contributed by atoms with Crippen LogP contribution in [0.15, 0.2) is 0 Å². The van der Waals surface area contributed by atoms with Crippen LogP contribution in [0.4, 0.5) is 0 Å². The molecule has 3 nitrogen and oxygen atoms in total. The van der Waals surface area contributed by atoms with Crippen LogP contribution in [0.1, 0.15) is 40.0 Å². The summed E-state index contributed by atoms with van der Waals surface area (Å²) in [7, 11) is 0. The summed E-state index contributed by atoms with van der Waals surface area (Å²) < 4.78 is 0. The average Bonchev–Trinajstić information content (AvgIpc) is 1.94. The van der Waals surface area contributed by atoms with Crippen LogP contribution in [0.25, 0.3) is 0 Å². The van der Waals surface area contributed by atoms with Crippen LogP contribution in [0.5, 0.6) is 0 Å². The molecule has 0 saturated carbocycles. The number of Topliss-reactive ketones (excluding diaryl/α,β-unsaturated/α-hetero) is 1. The predicted octanol–water partition coefficient (Wildman–Crippen LogP) is 2.12. The predicted molar refractivity (Wildman–Crippen MR) is 65.3 cm³/mol. The van der Waals surface area contributed by atoms with Crippen LogP contribution in [0.2, 0.25) is 0 Å². The summed E-state index contributed by atoms with van der Waals surface area (Å²) in [6, 6.07) is 0. The molecule has 0 aromatic carbocycles. The van der Waals surface area contributed by atoms with Gasteiger partial charge in [0, 0.05) is 117 Å². The van der Waals surface area contributed by atoms with E-state index in [4.69, 9.17) is 0 Å². The van der Waals surface area contributed by atoms with E-state index in [1.54, 1.807) is 0 Å². The molecule has 0 rings (SSSR count). The SMILES string of the molecule is [CH2-]C([CH2-])([CH2-])NC(=O)CCC(=O)CC(C)(C)C.[Y].[Y].[Y]. The fraction of sp³-hybridized carbons (Fsp3) is 0.615. The van der Waals surface area contributed by atoms with Crippen molar-refractivity contribution in [1.29, 1.82) is 0 Å². The van der Waals surface area contributed by atoms with E-state index in [1.165, 1.54) is 0 Å². The van der Waals surface area contributed by atoms with Gasteiger partial charge < -0.3 is 31.6 Å². The van der Waals surface area contributed by atoms with E-state index in [0.717, 1.165) is 0 Å². The zero-order valence-corrected chi connectivity index (χ0v) is 20.8. The van der Waals surface area contributed by atoms with Gasteiger partial charge in [0.2, 0.25) is 5.91 Å². The van der Waals surface area contributed by atoms with E-state index in [1.807, 2.05) is 20.8 Å². The molecular weight excluding hydrogens is 469 g/mol. The van der Waals surface area contributed by atoms with Crippen LogP contribution in [0, 0.1) is 26.2 Å². The third-order valence-corrected chi connectivity index (χ3v) is 1.76. The summed E-state index contributed by atoms with van der Waals surface area (Å²) in [6.45, 7) is 16.7. The maximum absolute atomic E-state index is 11.5. The number of amides is 1. The van der Waals surface area contributed by atoms with Crippen molar-refractivity contribution in [2.45, 2.75) is 45.6 Å². The molecule has 1 amide bonds. The van der Waals surface area contributed by atoms with E-state index in [2.05, 4.69) is 26.1 Å². The summed E-state index contributed by atoms with van der Waals surface area (Å²) in [5.41, 5.74) is -0.994. The first-order valence-corrected chi connectivity index (χ1v) is 5.38. The van der Waals surface area contributed by atoms with Crippen molar-refractivity contribution in [2.24, 2.45) is 5.41 Å². The molecular formula is C13H22NO2Y3-3. The van der Waals surface area contributed by atoms with E-state index in [9.17, 15) is 9.59 Å². The fourth-order valence-electron chi connectivity index (χ4n) is 1.29. The molecule has 1 N–H and O–H groups in total. The molecule has 0 saturated heterocycles. The van der Waals surface area contributed by atoms with Gasteiger partial charge in [-0.2, -0.15) is 0 Å². The molecule has 3 radical (unpaired) electrons. The molecule has 0 aromatic heterocycles. The minimum atomic E-state index is -0.968. The minimum absolute atomic E-state index is 0. The van der Waals surface area contributed by atoms with Crippen molar-refractivity contribution < 1.29 is 108 Å². The Morgan fingerprint density at radius 1 is 0.947 bits per heavy atom. The minimum Gasteiger partial charge on any atom is -0.437 e. The molecule has 0 unspecified atom stereocenters. The van der Waals surface area contributed by atoms with Gasteiger partial charge in [0.1, 0.15) is 5.78 Å². The van der Waals surface area contributed by atoms with Crippen molar-refractivity contribution in [3.05, 3.63) is 20.8 Å². The van der Waals surface area contributed by atoms with Gasteiger partial charge in [-0.15, -0.1) is 0 Å². The van der Waals surface area contributed by atoms with Gasteiger partial charge >= 0.3 is 0 Å². The second-order valence-electron chi connectivity index (χ2n) is 5.60. The third-order valence-electron chi connectivity index (χ3n) is 1.76. The molecule has 6 heteroatoms. The van der Waals surface area contributed by atoms with Crippen molar-refractivity contribution in [3.63, 3.8) is 0 Å². The van der Waals surface area contributed by atoms with Gasteiger partial charge in [0.15, 0.2) is 0 Å². The van der Waals surface area contributed by atoms with Crippen molar-refractivity contribution in [2.75, 3.05) is 0 Å². The standard InChI is InChI=1S/C13H22NO2.3Y/c1-12(2,3)9-10(15)7-8-11(16)14-13(4,5)6;;;/h4-9H2,1-3H3,(H,14,16);;;/q-3;;;. The Kier molecular flexibility index (Phi) is 20.1. The van der Waals surface area contributed by atoms with Gasteiger partial charge in [-0.25, -0.2) is 0 Å². The van der Waals surface area contributed by atoms with Crippen LogP contribution in [-0.2, 0) is 108 Å². The number of hydrogen-bond donors (Lipinski definition) is 1. The smallest absolute Gasteiger partial charge is 0.214 e. The zero-order chi connectivity index (χ0) is 13.0. The molecule has 0 bridgehead atoms. The van der Waals surface area contributed by atoms with Gasteiger partial charge in [-0.05, 0) is 5.41 Å². The Bertz CT molecular complexity index is 240. The number of rotatable bonds is 5. The summed E-state index contributed by atoms with van der Waals surface area (Å²) in [5, 5.41) is 2.51. The quantitative estimate of drug-likeness (QED) is 0.600. The topological polar surface area (TPSA) is 46.2 Å². The molecule has 0 aliphatic carbocycles. The van der Waals surface area contributed by atoms with Crippen LogP contribution in [0.3, 0.4) is 0 Å². The zero-order valence-electron chi connectivity index (χ0n) is 12.3. The van der Waals surface area contributed by atoms with Crippen molar-refractivity contribution >= 4 is 11.7 Å². The Morgan fingerprint density at radius 2 is 1.37 bits per heavy atom. The van der Waals surface area contributed by atoms with Crippen LogP contribution in [-0.4, -0.2) is 17.2 Å². The van der Waals surface area contributed by atoms with Gasteiger partial charge in [0.05, 0.1) is 0 Å². The molecule has 0 fully saturated rings. The number of nitrogens with one attached hydrogen (secondary N) is 1. The fourth-order valence-corrected chi connectivity index (χ4v) is 1.29. The van der Waals surface area contributed by atoms with E-state index in [-0.39, 0.29) is 128 Å². The van der Waals surface area contributed by atoms with E-state index < -0.39 is 5.54 Å². The Morgan fingerprint density at radius 3 is 1.68 bits per heavy atom. The van der Waals surface area contributed by atoms with E-state index >= 15 is 0 Å². The normalized spacial score (nSPS) is 10.4. The summed E-state index contributed by atoms with van der Waals surface area (Å²) >= 11 is 0. The molecule has 0 aliphatic heterocycles. The maximum atomic E-state index is 11.5. The number of hydrogen-bond acceptors (Lipinski definition) is 2. The molecule has 0 heterocycles. The first-order chi connectivity index (χ1) is 6.99. The molecule has 0 aliphatic rings. The maximum Gasteiger partial charge on any atom is 0.214 e. The second-order valence-corrected chi connectivity index (χ2v) is 5.60. The molecule has 103 valence electrons. The second kappa shape index (κ2) is 12.9. The number of ketones is 1.